The van der Waals surface area contributed by atoms with Crippen LogP contribution in [0.2, 0.25) is 0 Å². The van der Waals surface area contributed by atoms with E-state index in [-0.39, 0.29) is 5.78 Å². The van der Waals surface area contributed by atoms with Crippen LogP contribution in [-0.4, -0.2) is 22.7 Å². The van der Waals surface area contributed by atoms with Crippen molar-refractivity contribution in [3.8, 4) is 6.07 Å². The minimum atomic E-state index is -0.729. The maximum absolute atomic E-state index is 11.8. The number of aromatic nitrogens is 1. The Balaban J connectivity index is 2.55. The molecular weight excluding hydrogens is 230 g/mol. The van der Waals surface area contributed by atoms with Crippen LogP contribution in [0.15, 0.2) is 9.33 Å². The molecule has 0 fully saturated rings. The van der Waals surface area contributed by atoms with Gasteiger partial charge in [0.2, 0.25) is 0 Å². The van der Waals surface area contributed by atoms with E-state index in [0.717, 1.165) is 4.34 Å². The fourth-order valence-electron chi connectivity index (χ4n) is 1.32. The number of hydrogen-bond acceptors (Lipinski definition) is 6. The summed E-state index contributed by atoms with van der Waals surface area (Å²) in [7, 11) is 0. The Labute approximate surface area is 95.0 Å². The summed E-state index contributed by atoms with van der Waals surface area (Å²) in [5.74, 6) is -0.427. The highest BCUT2D eigenvalue weighted by molar-refractivity contribution is 8.00. The summed E-state index contributed by atoms with van der Waals surface area (Å²) in [6.07, 6.45) is 1.90. The molecule has 1 atom stereocenters. The molecule has 0 saturated heterocycles. The van der Waals surface area contributed by atoms with Crippen molar-refractivity contribution in [2.45, 2.75) is 11.3 Å². The number of thiazole rings is 1. The minimum absolute atomic E-state index is 0.169. The van der Waals surface area contributed by atoms with Gasteiger partial charge in [0, 0.05) is 5.71 Å². The van der Waals surface area contributed by atoms with Crippen molar-refractivity contribution in [3.05, 3.63) is 4.88 Å². The highest BCUT2D eigenvalue weighted by Crippen LogP contribution is 2.36. The predicted octanol–water partition coefficient (Wildman–Crippen LogP) is 2.29. The van der Waals surface area contributed by atoms with Gasteiger partial charge in [0.1, 0.15) is 10.8 Å². The number of nitrogens with zero attached hydrogens (tertiary/aromatic N) is 3. The van der Waals surface area contributed by atoms with Crippen LogP contribution in [0.25, 0.3) is 0 Å². The van der Waals surface area contributed by atoms with Gasteiger partial charge in [-0.3, -0.25) is 4.79 Å². The van der Waals surface area contributed by atoms with Crippen molar-refractivity contribution in [2.24, 2.45) is 10.9 Å². The second-order valence-corrected chi connectivity index (χ2v) is 5.07. The number of carbonyl (C=O) groups is 1. The summed E-state index contributed by atoms with van der Waals surface area (Å²) >= 11 is 2.79. The highest BCUT2D eigenvalue weighted by atomic mass is 32.2. The van der Waals surface area contributed by atoms with Crippen LogP contribution < -0.4 is 0 Å². The standard InChI is InChI=1S/C9H7N3OS2/c1-4-5(3-10)6(13)7-8(11-4)12-9(14-2)15-7/h5H,1-2H3. The molecule has 0 spiro atoms. The van der Waals surface area contributed by atoms with E-state index >= 15 is 0 Å². The Kier molecular flexibility index (Phi) is 2.59. The largest absolute Gasteiger partial charge is 0.291 e. The third-order valence-corrected chi connectivity index (χ3v) is 4.12. The molecule has 0 radical (unpaired) electrons. The summed E-state index contributed by atoms with van der Waals surface area (Å²) in [6.45, 7) is 1.69. The van der Waals surface area contributed by atoms with Gasteiger partial charge >= 0.3 is 0 Å². The smallest absolute Gasteiger partial charge is 0.199 e. The maximum Gasteiger partial charge on any atom is 0.199 e. The number of hydrogen-bond donors (Lipinski definition) is 0. The van der Waals surface area contributed by atoms with Crippen molar-refractivity contribution in [1.29, 1.82) is 5.26 Å². The van der Waals surface area contributed by atoms with Crippen molar-refractivity contribution in [3.63, 3.8) is 0 Å². The van der Waals surface area contributed by atoms with E-state index < -0.39 is 5.92 Å². The zero-order valence-electron chi connectivity index (χ0n) is 8.14. The molecule has 0 amide bonds. The molecule has 2 heterocycles. The predicted molar refractivity (Wildman–Crippen MR) is 60.1 cm³/mol. The molecule has 1 unspecified atom stereocenters. The van der Waals surface area contributed by atoms with E-state index in [1.807, 2.05) is 12.3 Å². The summed E-state index contributed by atoms with van der Waals surface area (Å²) < 4.78 is 0.809. The summed E-state index contributed by atoms with van der Waals surface area (Å²) in [5, 5.41) is 8.85. The fourth-order valence-corrected chi connectivity index (χ4v) is 2.79. The van der Waals surface area contributed by atoms with Crippen LogP contribution in [-0.2, 0) is 0 Å². The molecule has 0 saturated carbocycles. The lowest BCUT2D eigenvalue weighted by atomic mass is 9.97. The molecule has 1 aromatic rings. The average molecular weight is 237 g/mol. The first-order chi connectivity index (χ1) is 7.17. The second-order valence-electron chi connectivity index (χ2n) is 3.02. The molecule has 0 bridgehead atoms. The number of thioether (sulfide) groups is 1. The van der Waals surface area contributed by atoms with Crippen molar-refractivity contribution in [2.75, 3.05) is 6.26 Å². The van der Waals surface area contributed by atoms with Crippen LogP contribution in [0.3, 0.4) is 0 Å². The van der Waals surface area contributed by atoms with E-state index in [1.54, 1.807) is 6.92 Å². The van der Waals surface area contributed by atoms with E-state index in [0.29, 0.717) is 16.4 Å². The van der Waals surface area contributed by atoms with Crippen LogP contribution in [0.4, 0.5) is 5.82 Å². The molecule has 1 aliphatic heterocycles. The Morgan fingerprint density at radius 1 is 1.60 bits per heavy atom. The number of carbonyl (C=O) groups excluding carboxylic acids is 1. The van der Waals surface area contributed by atoms with Crippen molar-refractivity contribution >= 4 is 40.4 Å². The number of ketones is 1. The van der Waals surface area contributed by atoms with Crippen LogP contribution >= 0.6 is 23.1 Å². The van der Waals surface area contributed by atoms with Crippen LogP contribution in [0, 0.1) is 17.2 Å². The maximum atomic E-state index is 11.8. The fraction of sp³-hybridized carbons (Fsp3) is 0.333. The molecule has 4 nitrogen and oxygen atoms in total. The van der Waals surface area contributed by atoms with Gasteiger partial charge in [-0.1, -0.05) is 11.8 Å². The van der Waals surface area contributed by atoms with Gasteiger partial charge in [0.05, 0.1) is 6.07 Å². The number of aliphatic imine (C=N–C) groups is 1. The first-order valence-electron chi connectivity index (χ1n) is 4.21. The molecule has 15 heavy (non-hydrogen) atoms. The Bertz CT molecular complexity index is 498. The van der Waals surface area contributed by atoms with E-state index in [1.165, 1.54) is 23.1 Å². The first-order valence-corrected chi connectivity index (χ1v) is 6.25. The lowest BCUT2D eigenvalue weighted by Crippen LogP contribution is -2.22. The summed E-state index contributed by atoms with van der Waals surface area (Å²) in [4.78, 5) is 20.7. The molecule has 76 valence electrons. The molecule has 1 aliphatic rings. The van der Waals surface area contributed by atoms with Crippen LogP contribution in [0.5, 0.6) is 0 Å². The zero-order valence-corrected chi connectivity index (χ0v) is 9.78. The van der Waals surface area contributed by atoms with Crippen LogP contribution in [0.1, 0.15) is 16.6 Å². The normalized spacial score (nSPS) is 19.4. The number of fused-ring (bicyclic) bond motifs is 1. The Morgan fingerprint density at radius 2 is 2.33 bits per heavy atom. The van der Waals surface area contributed by atoms with Gasteiger partial charge in [-0.05, 0) is 13.2 Å². The SMILES string of the molecule is CSc1nc2c(s1)C(=O)C(C#N)C(C)=N2. The van der Waals surface area contributed by atoms with Gasteiger partial charge in [-0.15, -0.1) is 11.3 Å². The first kappa shape index (κ1) is 10.3. The van der Waals surface area contributed by atoms with Crippen molar-refractivity contribution < 1.29 is 4.79 Å². The van der Waals surface area contributed by atoms with E-state index in [4.69, 9.17) is 5.26 Å². The Morgan fingerprint density at radius 3 is 2.93 bits per heavy atom. The molecule has 6 heteroatoms. The van der Waals surface area contributed by atoms with Gasteiger partial charge in [0.25, 0.3) is 0 Å². The lowest BCUT2D eigenvalue weighted by molar-refractivity contribution is 0.0977. The Hall–Kier alpha value is -1.19. The quantitative estimate of drug-likeness (QED) is 0.703. The van der Waals surface area contributed by atoms with Gasteiger partial charge in [0.15, 0.2) is 15.9 Å². The van der Waals surface area contributed by atoms with E-state index in [9.17, 15) is 4.79 Å². The van der Waals surface area contributed by atoms with Gasteiger partial charge in [-0.2, -0.15) is 5.26 Å². The molecule has 2 rings (SSSR count). The highest BCUT2D eigenvalue weighted by Gasteiger charge is 2.32. The van der Waals surface area contributed by atoms with Gasteiger partial charge < -0.3 is 0 Å². The summed E-state index contributed by atoms with van der Waals surface area (Å²) in [5.41, 5.74) is 0.535. The molecule has 0 aliphatic carbocycles. The number of Topliss-reactive ketones (excluding diaryl/α,β-unsaturated/α-hetero) is 1. The third kappa shape index (κ3) is 1.58. The molecule has 0 aromatic carbocycles. The average Bonchev–Trinajstić information content (AvgIpc) is 2.61. The molecular formula is C9H7N3OS2. The van der Waals surface area contributed by atoms with E-state index in [2.05, 4.69) is 9.98 Å². The third-order valence-electron chi connectivity index (χ3n) is 2.08. The monoisotopic (exact) mass is 237 g/mol. The lowest BCUT2D eigenvalue weighted by Gasteiger charge is -2.11. The minimum Gasteiger partial charge on any atom is -0.291 e. The van der Waals surface area contributed by atoms with Gasteiger partial charge in [-0.25, -0.2) is 9.98 Å². The number of rotatable bonds is 1. The van der Waals surface area contributed by atoms with Crippen molar-refractivity contribution in [1.82, 2.24) is 4.98 Å². The zero-order chi connectivity index (χ0) is 11.0. The molecule has 1 aromatic heterocycles. The topological polar surface area (TPSA) is 66.1 Å². The molecule has 0 N–H and O–H groups in total. The number of nitriles is 1. The summed E-state index contributed by atoms with van der Waals surface area (Å²) in [6, 6.07) is 1.96. The second kappa shape index (κ2) is 3.76.